The number of carbonyl (C=O) groups excluding carboxylic acids is 2. The molecule has 0 aliphatic carbocycles. The Kier molecular flexibility index (Phi) is 9.74. The molecule has 4 rings (SSSR count). The van der Waals surface area contributed by atoms with Crippen molar-refractivity contribution in [2.75, 3.05) is 13.2 Å². The molecule has 232 valence electrons. The van der Waals surface area contributed by atoms with Gasteiger partial charge >= 0.3 is 5.97 Å². The third kappa shape index (κ3) is 6.24. The minimum Gasteiger partial charge on any atom is -0.457 e. The zero-order chi connectivity index (χ0) is 31.8. The average Bonchev–Trinajstić information content (AvgIpc) is 3.25. The fraction of sp³-hybridized carbons (Fsp3) is 0.471. The van der Waals surface area contributed by atoms with Crippen LogP contribution in [0.5, 0.6) is 0 Å². The minimum absolute atomic E-state index is 0.0171. The molecule has 0 aromatic heterocycles. The largest absolute Gasteiger partial charge is 0.457 e. The van der Waals surface area contributed by atoms with Gasteiger partial charge < -0.3 is 13.6 Å². The maximum Gasteiger partial charge on any atom is 0.356 e. The number of amides is 1. The van der Waals surface area contributed by atoms with Crippen LogP contribution in [0.2, 0.25) is 23.2 Å². The van der Waals surface area contributed by atoms with Crippen molar-refractivity contribution in [3.8, 4) is 0 Å². The number of β-lactam (4-membered cyclic amide) rings is 1. The summed E-state index contributed by atoms with van der Waals surface area (Å²) < 4.78 is 19.4. The van der Waals surface area contributed by atoms with E-state index in [1.54, 1.807) is 4.90 Å². The highest BCUT2D eigenvalue weighted by atomic mass is 32.2. The van der Waals surface area contributed by atoms with Gasteiger partial charge in [0.15, 0.2) is 8.32 Å². The number of rotatable bonds is 11. The van der Waals surface area contributed by atoms with Gasteiger partial charge in [-0.05, 0) is 40.5 Å². The first-order valence-electron chi connectivity index (χ1n) is 15.0. The van der Waals surface area contributed by atoms with Gasteiger partial charge in [-0.15, -0.1) is 0 Å². The van der Waals surface area contributed by atoms with Gasteiger partial charge in [0.1, 0.15) is 17.7 Å². The van der Waals surface area contributed by atoms with Crippen LogP contribution in [0.1, 0.15) is 48.5 Å². The van der Waals surface area contributed by atoms with E-state index >= 15 is 0 Å². The highest BCUT2D eigenvalue weighted by Crippen LogP contribution is 2.52. The molecule has 0 radical (unpaired) electrons. The van der Waals surface area contributed by atoms with Crippen molar-refractivity contribution < 1.29 is 23.2 Å². The number of hydrogen-bond acceptors (Lipinski definition) is 6. The quantitative estimate of drug-likeness (QED) is 0.122. The van der Waals surface area contributed by atoms with Gasteiger partial charge in [-0.3, -0.25) is 9.69 Å². The topological polar surface area (TPSA) is 65.1 Å². The van der Waals surface area contributed by atoms with E-state index in [2.05, 4.69) is 110 Å². The molecule has 0 saturated carbocycles. The number of ether oxygens (including phenoxy) is 1. The SMILES string of the molecule is C=CCOC(=O)C1=C(CO[Si](c2ccccc2)(c2ccccc2)C(C)(C)C)S[C@@H]2[C@@H]([C@@H](C)O[Si](C)(C)C(C)(C)C)C(=O)N12. The third-order valence-electron chi connectivity index (χ3n) is 9.01. The standard InChI is InChI=1S/C34H47NO5SSi2/c1-11-22-38-32(37)29-27(41-31-28(30(36)35(29)31)24(2)40-42(9,10)33(3,4)5)23-39-43(34(6,7)8,25-18-14-12-15-19-25)26-20-16-13-17-21-26/h11-21,24,28,31H,1,22-23H2,2-10H3/t24-,28+,31-/m1/s1. The van der Waals surface area contributed by atoms with E-state index in [4.69, 9.17) is 13.6 Å². The Hall–Kier alpha value is -2.44. The molecule has 0 bridgehead atoms. The Labute approximate surface area is 264 Å². The van der Waals surface area contributed by atoms with E-state index in [1.165, 1.54) is 17.8 Å². The molecule has 2 aromatic carbocycles. The van der Waals surface area contributed by atoms with E-state index in [-0.39, 0.29) is 52.3 Å². The zero-order valence-corrected chi connectivity index (χ0v) is 29.9. The molecule has 6 nitrogen and oxygen atoms in total. The first-order valence-corrected chi connectivity index (χ1v) is 20.7. The number of nitrogens with zero attached hydrogens (tertiary/aromatic N) is 1. The molecule has 2 aromatic rings. The second-order valence-corrected chi connectivity index (χ2v) is 24.2. The highest BCUT2D eigenvalue weighted by Gasteiger charge is 2.60. The number of benzene rings is 2. The van der Waals surface area contributed by atoms with Crippen LogP contribution in [0.15, 0.2) is 83.9 Å². The van der Waals surface area contributed by atoms with Gasteiger partial charge in [0.05, 0.1) is 18.6 Å². The van der Waals surface area contributed by atoms with Crippen molar-refractivity contribution in [2.45, 2.75) is 83.1 Å². The summed E-state index contributed by atoms with van der Waals surface area (Å²) in [4.78, 5) is 29.5. The van der Waals surface area contributed by atoms with Gasteiger partial charge in [0.2, 0.25) is 5.91 Å². The first-order chi connectivity index (χ1) is 20.1. The molecule has 0 N–H and O–H groups in total. The number of fused-ring (bicyclic) bond motifs is 1. The number of thioether (sulfide) groups is 1. The molecule has 2 heterocycles. The molecule has 2 aliphatic heterocycles. The molecule has 1 fully saturated rings. The number of hydrogen-bond donors (Lipinski definition) is 0. The summed E-state index contributed by atoms with van der Waals surface area (Å²) in [5.41, 5.74) is 0.288. The Morgan fingerprint density at radius 3 is 1.98 bits per heavy atom. The molecule has 2 aliphatic rings. The van der Waals surface area contributed by atoms with E-state index < -0.39 is 22.6 Å². The molecule has 1 saturated heterocycles. The maximum absolute atomic E-state index is 13.7. The van der Waals surface area contributed by atoms with Crippen LogP contribution in [-0.4, -0.2) is 58.1 Å². The van der Waals surface area contributed by atoms with E-state index in [9.17, 15) is 9.59 Å². The van der Waals surface area contributed by atoms with Crippen LogP contribution in [0.25, 0.3) is 0 Å². The van der Waals surface area contributed by atoms with E-state index in [1.807, 2.05) is 19.1 Å². The van der Waals surface area contributed by atoms with Crippen molar-refractivity contribution in [2.24, 2.45) is 5.92 Å². The summed E-state index contributed by atoms with van der Waals surface area (Å²) in [5.74, 6) is -0.984. The summed E-state index contributed by atoms with van der Waals surface area (Å²) in [6.45, 7) is 23.6. The molecule has 9 heteroatoms. The Morgan fingerprint density at radius 1 is 0.977 bits per heavy atom. The number of carbonyl (C=O) groups is 2. The Balaban J connectivity index is 1.71. The van der Waals surface area contributed by atoms with Gasteiger partial charge in [-0.25, -0.2) is 4.79 Å². The zero-order valence-electron chi connectivity index (χ0n) is 27.1. The third-order valence-corrected chi connectivity index (χ3v) is 19.9. The van der Waals surface area contributed by atoms with Crippen LogP contribution in [0.3, 0.4) is 0 Å². The van der Waals surface area contributed by atoms with Gasteiger partial charge in [-0.1, -0.05) is 127 Å². The fourth-order valence-electron chi connectivity index (χ4n) is 5.79. The molecular formula is C34H47NO5SSi2. The smallest absolute Gasteiger partial charge is 0.356 e. The van der Waals surface area contributed by atoms with E-state index in [0.29, 0.717) is 0 Å². The van der Waals surface area contributed by atoms with Crippen molar-refractivity contribution in [1.29, 1.82) is 0 Å². The second kappa shape index (κ2) is 12.5. The van der Waals surface area contributed by atoms with Crippen molar-refractivity contribution in [3.05, 3.63) is 83.9 Å². The van der Waals surface area contributed by atoms with Crippen LogP contribution < -0.4 is 10.4 Å². The summed E-state index contributed by atoms with van der Waals surface area (Å²) in [5, 5.41) is 1.86. The maximum atomic E-state index is 13.7. The summed E-state index contributed by atoms with van der Waals surface area (Å²) in [7, 11) is -4.99. The van der Waals surface area contributed by atoms with Gasteiger partial charge in [0, 0.05) is 4.91 Å². The molecule has 1 amide bonds. The molecule has 0 unspecified atom stereocenters. The number of esters is 1. The monoisotopic (exact) mass is 637 g/mol. The normalized spacial score (nSPS) is 20.0. The Bertz CT molecular complexity index is 1330. The summed E-state index contributed by atoms with van der Waals surface area (Å²) in [6.07, 6.45) is 1.26. The first kappa shape index (κ1) is 33.5. The highest BCUT2D eigenvalue weighted by molar-refractivity contribution is 8.04. The lowest BCUT2D eigenvalue weighted by Gasteiger charge is -2.48. The van der Waals surface area contributed by atoms with Crippen molar-refractivity contribution in [3.63, 3.8) is 0 Å². The minimum atomic E-state index is -2.88. The van der Waals surface area contributed by atoms with Gasteiger partial charge in [0.25, 0.3) is 8.32 Å². The van der Waals surface area contributed by atoms with Crippen LogP contribution in [0.4, 0.5) is 0 Å². The lowest BCUT2D eigenvalue weighted by atomic mass is 9.92. The molecule has 43 heavy (non-hydrogen) atoms. The molecule has 0 spiro atoms. The average molecular weight is 638 g/mol. The van der Waals surface area contributed by atoms with Gasteiger partial charge in [-0.2, -0.15) is 0 Å². The lowest BCUT2D eigenvalue weighted by molar-refractivity contribution is -0.157. The summed E-state index contributed by atoms with van der Waals surface area (Å²) in [6, 6.07) is 20.8. The van der Waals surface area contributed by atoms with Crippen LogP contribution >= 0.6 is 11.8 Å². The Morgan fingerprint density at radius 2 is 1.51 bits per heavy atom. The fourth-order valence-corrected chi connectivity index (χ4v) is 13.3. The predicted molar refractivity (Wildman–Crippen MR) is 181 cm³/mol. The van der Waals surface area contributed by atoms with Crippen LogP contribution in [0, 0.1) is 5.92 Å². The molecular weight excluding hydrogens is 591 g/mol. The summed E-state index contributed by atoms with van der Waals surface area (Å²) >= 11 is 1.54. The predicted octanol–water partition coefficient (Wildman–Crippen LogP) is 6.45. The van der Waals surface area contributed by atoms with Crippen LogP contribution in [-0.2, 0) is 23.2 Å². The molecule has 3 atom stereocenters. The van der Waals surface area contributed by atoms with Crippen molar-refractivity contribution >= 4 is 50.6 Å². The van der Waals surface area contributed by atoms with E-state index in [0.717, 1.165) is 15.3 Å². The second-order valence-electron chi connectivity index (χ2n) is 13.9. The lowest BCUT2D eigenvalue weighted by Crippen LogP contribution is -2.66. The van der Waals surface area contributed by atoms with Crippen molar-refractivity contribution in [1.82, 2.24) is 4.90 Å².